The normalized spacial score (nSPS) is 32.0. The van der Waals surface area contributed by atoms with Crippen LogP contribution in [-0.2, 0) is 0 Å². The zero-order valence-electron chi connectivity index (χ0n) is 10.2. The quantitative estimate of drug-likeness (QED) is 0.775. The van der Waals surface area contributed by atoms with Crippen LogP contribution in [0.4, 0.5) is 0 Å². The van der Waals surface area contributed by atoms with Crippen molar-refractivity contribution in [2.45, 2.75) is 69.9 Å². The van der Waals surface area contributed by atoms with Crippen LogP contribution in [0, 0.1) is 0 Å². The van der Waals surface area contributed by atoms with Gasteiger partial charge in [-0.25, -0.2) is 0 Å². The Morgan fingerprint density at radius 1 is 1.20 bits per heavy atom. The lowest BCUT2D eigenvalue weighted by molar-refractivity contribution is 0.0239. The van der Waals surface area contributed by atoms with Gasteiger partial charge in [0.2, 0.25) is 0 Å². The minimum absolute atomic E-state index is 0.390. The maximum Gasteiger partial charge on any atom is 0.0334 e. The lowest BCUT2D eigenvalue weighted by Gasteiger charge is -2.48. The summed E-state index contributed by atoms with van der Waals surface area (Å²) < 4.78 is 0. The molecule has 2 aliphatic rings. The van der Waals surface area contributed by atoms with E-state index < -0.39 is 0 Å². The monoisotopic (exact) mass is 210 g/mol. The molecule has 0 aromatic heterocycles. The Morgan fingerprint density at radius 2 is 1.93 bits per heavy atom. The summed E-state index contributed by atoms with van der Waals surface area (Å²) in [5.41, 5.74) is 6.46. The Hall–Kier alpha value is -0.0800. The summed E-state index contributed by atoms with van der Waals surface area (Å²) in [6.07, 6.45) is 11.0. The van der Waals surface area contributed by atoms with Crippen molar-refractivity contribution in [1.82, 2.24) is 4.90 Å². The molecule has 2 N–H and O–H groups in total. The zero-order valence-corrected chi connectivity index (χ0v) is 10.2. The minimum atomic E-state index is 0.390. The van der Waals surface area contributed by atoms with E-state index in [4.69, 9.17) is 5.73 Å². The predicted octanol–water partition coefficient (Wildman–Crippen LogP) is 2.52. The molecule has 88 valence electrons. The van der Waals surface area contributed by atoms with Crippen molar-refractivity contribution in [2.75, 3.05) is 13.1 Å². The first-order valence-electron chi connectivity index (χ1n) is 6.79. The van der Waals surface area contributed by atoms with E-state index in [1.54, 1.807) is 0 Å². The van der Waals surface area contributed by atoms with Gasteiger partial charge in [0.25, 0.3) is 0 Å². The minimum Gasteiger partial charge on any atom is -0.329 e. The van der Waals surface area contributed by atoms with E-state index in [0.29, 0.717) is 5.54 Å². The Kier molecular flexibility index (Phi) is 3.68. The van der Waals surface area contributed by atoms with Gasteiger partial charge in [0, 0.05) is 18.1 Å². The Morgan fingerprint density at radius 3 is 2.53 bits per heavy atom. The fraction of sp³-hybridized carbons (Fsp3) is 1.00. The van der Waals surface area contributed by atoms with Crippen molar-refractivity contribution in [2.24, 2.45) is 5.73 Å². The van der Waals surface area contributed by atoms with Crippen LogP contribution in [0.3, 0.4) is 0 Å². The van der Waals surface area contributed by atoms with Gasteiger partial charge < -0.3 is 5.73 Å². The molecule has 1 saturated heterocycles. The summed E-state index contributed by atoms with van der Waals surface area (Å²) in [7, 11) is 0. The molecule has 2 heteroatoms. The van der Waals surface area contributed by atoms with Crippen molar-refractivity contribution in [3.05, 3.63) is 0 Å². The number of piperidine rings is 1. The number of rotatable bonds is 3. The average Bonchev–Trinajstić information content (AvgIpc) is 2.79. The number of hydrogen-bond acceptors (Lipinski definition) is 2. The summed E-state index contributed by atoms with van der Waals surface area (Å²) in [6, 6.07) is 0.820. The van der Waals surface area contributed by atoms with E-state index >= 15 is 0 Å². The lowest BCUT2D eigenvalue weighted by atomic mass is 9.88. The molecular formula is C13H26N2. The molecule has 15 heavy (non-hydrogen) atoms. The molecule has 0 amide bonds. The summed E-state index contributed by atoms with van der Waals surface area (Å²) in [4.78, 5) is 2.78. The Balaban J connectivity index is 2.10. The molecule has 1 heterocycles. The van der Waals surface area contributed by atoms with Gasteiger partial charge in [0.15, 0.2) is 0 Å². The number of nitrogens with zero attached hydrogens (tertiary/aromatic N) is 1. The van der Waals surface area contributed by atoms with E-state index in [-0.39, 0.29) is 0 Å². The Bertz CT molecular complexity index is 197. The summed E-state index contributed by atoms with van der Waals surface area (Å²) >= 11 is 0. The van der Waals surface area contributed by atoms with E-state index in [1.165, 1.54) is 57.9 Å². The third kappa shape index (κ3) is 2.07. The van der Waals surface area contributed by atoms with Gasteiger partial charge in [-0.15, -0.1) is 0 Å². The molecule has 2 nitrogen and oxygen atoms in total. The van der Waals surface area contributed by atoms with Crippen LogP contribution in [0.5, 0.6) is 0 Å². The van der Waals surface area contributed by atoms with Crippen LogP contribution in [0.15, 0.2) is 0 Å². The molecule has 2 rings (SSSR count). The smallest absolute Gasteiger partial charge is 0.0334 e. The first-order valence-corrected chi connectivity index (χ1v) is 6.79. The second-order valence-electron chi connectivity index (χ2n) is 5.39. The van der Waals surface area contributed by atoms with Crippen LogP contribution in [0.2, 0.25) is 0 Å². The highest BCUT2D eigenvalue weighted by atomic mass is 15.2. The van der Waals surface area contributed by atoms with E-state index in [0.717, 1.165) is 12.6 Å². The van der Waals surface area contributed by atoms with E-state index in [2.05, 4.69) is 11.8 Å². The molecule has 1 atom stereocenters. The summed E-state index contributed by atoms with van der Waals surface area (Å²) in [5.74, 6) is 0. The summed E-state index contributed by atoms with van der Waals surface area (Å²) in [6.45, 7) is 4.52. The third-order valence-corrected chi connectivity index (χ3v) is 4.62. The maximum absolute atomic E-state index is 6.07. The second kappa shape index (κ2) is 4.84. The van der Waals surface area contributed by atoms with Gasteiger partial charge in [-0.1, -0.05) is 26.2 Å². The van der Waals surface area contributed by atoms with Gasteiger partial charge in [-0.05, 0) is 38.6 Å². The van der Waals surface area contributed by atoms with Gasteiger partial charge in [-0.3, -0.25) is 4.90 Å². The molecule has 1 unspecified atom stereocenters. The fourth-order valence-corrected chi connectivity index (χ4v) is 3.69. The highest BCUT2D eigenvalue weighted by molar-refractivity contribution is 4.99. The molecule has 0 aromatic carbocycles. The molecule has 0 radical (unpaired) electrons. The van der Waals surface area contributed by atoms with Gasteiger partial charge >= 0.3 is 0 Å². The highest BCUT2D eigenvalue weighted by Gasteiger charge is 2.41. The van der Waals surface area contributed by atoms with Gasteiger partial charge in [0.05, 0.1) is 0 Å². The second-order valence-corrected chi connectivity index (χ2v) is 5.39. The van der Waals surface area contributed by atoms with Crippen LogP contribution in [-0.4, -0.2) is 29.6 Å². The van der Waals surface area contributed by atoms with Crippen LogP contribution < -0.4 is 5.73 Å². The summed E-state index contributed by atoms with van der Waals surface area (Å²) in [5, 5.41) is 0. The van der Waals surface area contributed by atoms with Gasteiger partial charge in [-0.2, -0.15) is 0 Å². The van der Waals surface area contributed by atoms with Crippen LogP contribution in [0.1, 0.15) is 58.3 Å². The first kappa shape index (κ1) is 11.4. The first-order chi connectivity index (χ1) is 7.32. The van der Waals surface area contributed by atoms with Crippen molar-refractivity contribution in [1.29, 1.82) is 0 Å². The van der Waals surface area contributed by atoms with E-state index in [1.807, 2.05) is 0 Å². The number of nitrogens with two attached hydrogens (primary N) is 1. The zero-order chi connectivity index (χ0) is 10.7. The number of likely N-dealkylation sites (tertiary alicyclic amines) is 1. The molecule has 1 aliphatic heterocycles. The highest BCUT2D eigenvalue weighted by Crippen LogP contribution is 2.38. The molecule has 0 spiro atoms. The van der Waals surface area contributed by atoms with Crippen molar-refractivity contribution < 1.29 is 0 Å². The van der Waals surface area contributed by atoms with Crippen LogP contribution >= 0.6 is 0 Å². The molecule has 1 saturated carbocycles. The molecule has 0 aromatic rings. The fourth-order valence-electron chi connectivity index (χ4n) is 3.69. The van der Waals surface area contributed by atoms with Crippen molar-refractivity contribution in [3.63, 3.8) is 0 Å². The molecule has 1 aliphatic carbocycles. The third-order valence-electron chi connectivity index (χ3n) is 4.62. The number of hydrogen-bond donors (Lipinski definition) is 1. The van der Waals surface area contributed by atoms with Crippen molar-refractivity contribution >= 4 is 0 Å². The van der Waals surface area contributed by atoms with Gasteiger partial charge in [0.1, 0.15) is 0 Å². The largest absolute Gasteiger partial charge is 0.329 e. The maximum atomic E-state index is 6.07. The van der Waals surface area contributed by atoms with Crippen molar-refractivity contribution in [3.8, 4) is 0 Å². The molecule has 0 bridgehead atoms. The lowest BCUT2D eigenvalue weighted by Crippen LogP contribution is -2.57. The van der Waals surface area contributed by atoms with Crippen LogP contribution in [0.25, 0.3) is 0 Å². The standard InChI is InChI=1S/C13H26N2/c1-2-12-7-3-6-10-15(12)13(11-14)8-4-5-9-13/h12H,2-11,14H2,1H3. The predicted molar refractivity (Wildman–Crippen MR) is 64.9 cm³/mol. The topological polar surface area (TPSA) is 29.3 Å². The van der Waals surface area contributed by atoms with E-state index in [9.17, 15) is 0 Å². The average molecular weight is 210 g/mol. The Labute approximate surface area is 94.2 Å². The SMILES string of the molecule is CCC1CCCCN1C1(CN)CCCC1. The molecule has 2 fully saturated rings. The molecular weight excluding hydrogens is 184 g/mol.